The minimum atomic E-state index is -4.89. The maximum Gasteiger partial charge on any atom is 0.416 e. The molecule has 0 amide bonds. The second-order valence-corrected chi connectivity index (χ2v) is 6.85. The summed E-state index contributed by atoms with van der Waals surface area (Å²) in [6.07, 6.45) is -4.89. The maximum absolute atomic E-state index is 14.2. The predicted octanol–water partition coefficient (Wildman–Crippen LogP) is 4.12. The van der Waals surface area contributed by atoms with E-state index < -0.39 is 34.2 Å². The Balaban J connectivity index is 2.86. The van der Waals surface area contributed by atoms with E-state index in [1.165, 1.54) is 24.8 Å². The van der Waals surface area contributed by atoms with Crippen molar-refractivity contribution in [3.8, 4) is 6.07 Å². The number of carbonyl (C=O) groups is 1. The zero-order valence-electron chi connectivity index (χ0n) is 15.4. The van der Waals surface area contributed by atoms with Crippen LogP contribution < -0.4 is 4.90 Å². The Hall–Kier alpha value is -2.49. The Morgan fingerprint density at radius 3 is 2.31 bits per heavy atom. The molecule has 1 aliphatic heterocycles. The van der Waals surface area contributed by atoms with Gasteiger partial charge in [0.2, 0.25) is 0 Å². The summed E-state index contributed by atoms with van der Waals surface area (Å²) in [7, 11) is 1.54. The summed E-state index contributed by atoms with van der Waals surface area (Å²) in [5, 5.41) is 9.38. The molecule has 4 nitrogen and oxygen atoms in total. The van der Waals surface area contributed by atoms with Crippen molar-refractivity contribution in [3.63, 3.8) is 0 Å². The van der Waals surface area contributed by atoms with Crippen LogP contribution in [0.25, 0.3) is 0 Å². The highest BCUT2D eigenvalue weighted by atomic mass is 19.4. The molecule has 0 aromatic heterocycles. The number of hydrogen-bond donors (Lipinski definition) is 0. The number of alkyl halides is 3. The quantitative estimate of drug-likeness (QED) is 0.459. The summed E-state index contributed by atoms with van der Waals surface area (Å²) < 4.78 is 47.2. The van der Waals surface area contributed by atoms with Gasteiger partial charge >= 0.3 is 12.1 Å². The van der Waals surface area contributed by atoms with Gasteiger partial charge in [-0.3, -0.25) is 0 Å². The first-order chi connectivity index (χ1) is 11.9. The number of anilines is 1. The molecule has 0 unspecified atom stereocenters. The Morgan fingerprint density at radius 2 is 1.85 bits per heavy atom. The normalized spacial score (nSPS) is 22.3. The van der Waals surface area contributed by atoms with Crippen LogP contribution in [-0.4, -0.2) is 31.3 Å². The molecular weight excluding hydrogens is 345 g/mol. The summed E-state index contributed by atoms with van der Waals surface area (Å²) in [6.45, 7) is 6.13. The third kappa shape index (κ3) is 2.64. The zero-order chi connectivity index (χ0) is 19.9. The first kappa shape index (κ1) is 19.8. The Kier molecular flexibility index (Phi) is 4.84. The van der Waals surface area contributed by atoms with Crippen molar-refractivity contribution in [2.75, 3.05) is 18.6 Å². The van der Waals surface area contributed by atoms with Crippen LogP contribution in [0.3, 0.4) is 0 Å². The number of rotatable bonds is 3. The van der Waals surface area contributed by atoms with E-state index in [0.717, 1.165) is 0 Å². The van der Waals surface area contributed by atoms with Crippen LogP contribution >= 0.6 is 0 Å². The molecule has 0 saturated heterocycles. The second kappa shape index (κ2) is 6.35. The molecule has 26 heavy (non-hydrogen) atoms. The number of nitrogens with zero attached hydrogens (tertiary/aromatic N) is 2. The number of carbonyl (C=O) groups excluding carboxylic acids is 1. The van der Waals surface area contributed by atoms with Gasteiger partial charge in [-0.1, -0.05) is 32.0 Å². The molecule has 1 aromatic rings. The van der Waals surface area contributed by atoms with Crippen LogP contribution in [0.5, 0.6) is 0 Å². The number of ether oxygens (including phenoxy) is 1. The number of halogens is 3. The summed E-state index contributed by atoms with van der Waals surface area (Å²) in [5.41, 5.74) is -3.54. The van der Waals surface area contributed by atoms with Crippen molar-refractivity contribution in [3.05, 3.63) is 41.0 Å². The molecular formula is C19H21F3N2O2. The van der Waals surface area contributed by atoms with Crippen molar-refractivity contribution < 1.29 is 22.7 Å². The van der Waals surface area contributed by atoms with Gasteiger partial charge in [0.25, 0.3) is 0 Å². The van der Waals surface area contributed by atoms with Crippen molar-refractivity contribution in [2.24, 2.45) is 0 Å². The molecule has 0 spiro atoms. The van der Waals surface area contributed by atoms with Crippen LogP contribution in [0.15, 0.2) is 35.4 Å². The fourth-order valence-electron chi connectivity index (χ4n) is 3.77. The number of hydrogen-bond acceptors (Lipinski definition) is 4. The molecule has 0 bridgehead atoms. The largest absolute Gasteiger partial charge is 0.462 e. The van der Waals surface area contributed by atoms with Gasteiger partial charge in [-0.2, -0.15) is 18.4 Å². The van der Waals surface area contributed by atoms with E-state index in [4.69, 9.17) is 4.74 Å². The first-order valence-electron chi connectivity index (χ1n) is 8.17. The van der Waals surface area contributed by atoms with E-state index in [2.05, 4.69) is 0 Å². The fraction of sp³-hybridized carbons (Fsp3) is 0.474. The van der Waals surface area contributed by atoms with E-state index in [9.17, 15) is 23.2 Å². The third-order valence-electron chi connectivity index (χ3n) is 5.44. The average Bonchev–Trinajstić information content (AvgIpc) is 2.70. The lowest BCUT2D eigenvalue weighted by molar-refractivity contribution is -0.140. The summed E-state index contributed by atoms with van der Waals surface area (Å²) in [5.74, 6) is -1.26. The first-order valence-corrected chi connectivity index (χ1v) is 8.17. The molecule has 0 aliphatic carbocycles. The van der Waals surface area contributed by atoms with Crippen LogP contribution in [0, 0.1) is 11.3 Å². The maximum atomic E-state index is 14.2. The van der Waals surface area contributed by atoms with E-state index in [1.807, 2.05) is 0 Å². The minimum Gasteiger partial charge on any atom is -0.462 e. The van der Waals surface area contributed by atoms with Crippen molar-refractivity contribution in [1.29, 1.82) is 5.26 Å². The van der Waals surface area contributed by atoms with E-state index >= 15 is 0 Å². The average molecular weight is 366 g/mol. The molecule has 2 rings (SSSR count). The van der Waals surface area contributed by atoms with E-state index in [1.54, 1.807) is 45.2 Å². The van der Waals surface area contributed by atoms with Gasteiger partial charge in [0, 0.05) is 18.2 Å². The lowest BCUT2D eigenvalue weighted by Gasteiger charge is -2.46. The van der Waals surface area contributed by atoms with Crippen molar-refractivity contribution in [2.45, 2.75) is 44.8 Å². The standard InChI is InChI=1S/C19H21F3N2O2/c1-6-26-16(25)12(11-23)15(19(20,21)22)18(4)17(2,3)13-9-7-8-10-14(13)24(18)5/h7-10H,6H2,1-5H3/b15-12+/t18-/m1/s1. The van der Waals surface area contributed by atoms with Crippen LogP contribution in [0.4, 0.5) is 18.9 Å². The smallest absolute Gasteiger partial charge is 0.416 e. The Labute approximate surface area is 150 Å². The number of esters is 1. The SMILES string of the molecule is CCOC(=O)/C(C#N)=C(/C(F)(F)F)[C@@]1(C)N(C)c2ccccc2C1(C)C. The van der Waals surface area contributed by atoms with Gasteiger partial charge in [-0.15, -0.1) is 0 Å². The molecule has 1 aromatic carbocycles. The molecule has 0 fully saturated rings. The van der Waals surface area contributed by atoms with Gasteiger partial charge in [0.1, 0.15) is 11.6 Å². The van der Waals surface area contributed by atoms with Gasteiger partial charge in [-0.05, 0) is 25.5 Å². The lowest BCUT2D eigenvalue weighted by Crippen LogP contribution is -2.57. The van der Waals surface area contributed by atoms with Crippen LogP contribution in [-0.2, 0) is 14.9 Å². The lowest BCUT2D eigenvalue weighted by atomic mass is 9.66. The Bertz CT molecular complexity index is 806. The van der Waals surface area contributed by atoms with Gasteiger partial charge < -0.3 is 9.64 Å². The van der Waals surface area contributed by atoms with Gasteiger partial charge in [0.15, 0.2) is 0 Å². The predicted molar refractivity (Wildman–Crippen MR) is 91.6 cm³/mol. The van der Waals surface area contributed by atoms with Gasteiger partial charge in [0.05, 0.1) is 17.7 Å². The van der Waals surface area contributed by atoms with E-state index in [-0.39, 0.29) is 6.61 Å². The number of nitriles is 1. The third-order valence-corrected chi connectivity index (χ3v) is 5.44. The molecule has 1 heterocycles. The molecule has 1 aliphatic rings. The topological polar surface area (TPSA) is 53.3 Å². The second-order valence-electron chi connectivity index (χ2n) is 6.85. The molecule has 0 N–H and O–H groups in total. The zero-order valence-corrected chi connectivity index (χ0v) is 15.4. The highest BCUT2D eigenvalue weighted by Crippen LogP contribution is 2.57. The van der Waals surface area contributed by atoms with Crippen LogP contribution in [0.2, 0.25) is 0 Å². The summed E-state index contributed by atoms with van der Waals surface area (Å²) >= 11 is 0. The molecule has 0 radical (unpaired) electrons. The minimum absolute atomic E-state index is 0.120. The number of para-hydroxylation sites is 1. The molecule has 7 heteroatoms. The Morgan fingerprint density at radius 1 is 1.27 bits per heavy atom. The monoisotopic (exact) mass is 366 g/mol. The summed E-state index contributed by atoms with van der Waals surface area (Å²) in [4.78, 5) is 13.6. The molecule has 1 atom stereocenters. The van der Waals surface area contributed by atoms with Crippen molar-refractivity contribution >= 4 is 11.7 Å². The molecule has 0 saturated carbocycles. The fourth-order valence-corrected chi connectivity index (χ4v) is 3.77. The molecule has 140 valence electrons. The van der Waals surface area contributed by atoms with Gasteiger partial charge in [-0.25, -0.2) is 4.79 Å². The number of likely N-dealkylation sites (N-methyl/N-ethyl adjacent to an activating group) is 1. The van der Waals surface area contributed by atoms with Crippen molar-refractivity contribution in [1.82, 2.24) is 0 Å². The number of benzene rings is 1. The summed E-state index contributed by atoms with van der Waals surface area (Å²) in [6, 6.07) is 8.43. The highest BCUT2D eigenvalue weighted by Gasteiger charge is 2.62. The van der Waals surface area contributed by atoms with E-state index in [0.29, 0.717) is 11.3 Å². The highest BCUT2D eigenvalue weighted by molar-refractivity contribution is 5.95. The van der Waals surface area contributed by atoms with Crippen LogP contribution in [0.1, 0.15) is 33.3 Å². The number of fused-ring (bicyclic) bond motifs is 1.